The monoisotopic (exact) mass is 145 g/mol. The second-order valence-corrected chi connectivity index (χ2v) is 2.37. The predicted octanol–water partition coefficient (Wildman–Crippen LogP) is -0.724. The Labute approximate surface area is 59.3 Å². The first kappa shape index (κ1) is 7.50. The first-order valence-corrected chi connectivity index (χ1v) is 3.24. The first-order valence-electron chi connectivity index (χ1n) is 3.24. The van der Waals surface area contributed by atoms with E-state index < -0.39 is 6.04 Å². The van der Waals surface area contributed by atoms with Crippen molar-refractivity contribution in [1.29, 1.82) is 0 Å². The van der Waals surface area contributed by atoms with E-state index in [1.165, 1.54) is 0 Å². The second-order valence-electron chi connectivity index (χ2n) is 2.37. The van der Waals surface area contributed by atoms with Gasteiger partial charge in [-0.1, -0.05) is 0 Å². The number of hydrogen-bond donors (Lipinski definition) is 1. The highest BCUT2D eigenvalue weighted by atomic mass is 16.6. The summed E-state index contributed by atoms with van der Waals surface area (Å²) in [5.41, 5.74) is 5.23. The summed E-state index contributed by atoms with van der Waals surface area (Å²) in [7, 11) is 0. The number of carbonyl (C=O) groups is 1. The molecule has 0 saturated carbocycles. The van der Waals surface area contributed by atoms with E-state index in [2.05, 4.69) is 0 Å². The van der Waals surface area contributed by atoms with E-state index in [1.54, 1.807) is 6.92 Å². The summed E-state index contributed by atoms with van der Waals surface area (Å²) in [4.78, 5) is 10.7. The van der Waals surface area contributed by atoms with E-state index in [9.17, 15) is 4.79 Å². The Kier molecular flexibility index (Phi) is 2.24. The van der Waals surface area contributed by atoms with Gasteiger partial charge in [0.05, 0.1) is 6.61 Å². The Bertz CT molecular complexity index is 131. The third kappa shape index (κ3) is 2.33. The molecule has 0 aliphatic carbocycles. The molecule has 1 saturated heterocycles. The van der Waals surface area contributed by atoms with Crippen molar-refractivity contribution in [3.63, 3.8) is 0 Å². The van der Waals surface area contributed by atoms with Gasteiger partial charge in [0.2, 0.25) is 0 Å². The highest BCUT2D eigenvalue weighted by Gasteiger charge is 2.24. The van der Waals surface area contributed by atoms with Crippen LogP contribution >= 0.6 is 0 Å². The average molecular weight is 145 g/mol. The Morgan fingerprint density at radius 1 is 2.00 bits per heavy atom. The van der Waals surface area contributed by atoms with E-state index in [0.717, 1.165) is 0 Å². The third-order valence-electron chi connectivity index (χ3n) is 1.19. The van der Waals surface area contributed by atoms with Crippen LogP contribution in [0.5, 0.6) is 0 Å². The van der Waals surface area contributed by atoms with Crippen molar-refractivity contribution in [3.05, 3.63) is 0 Å². The molecule has 4 nitrogen and oxygen atoms in total. The number of epoxide rings is 1. The lowest BCUT2D eigenvalue weighted by Gasteiger charge is -2.03. The summed E-state index contributed by atoms with van der Waals surface area (Å²) >= 11 is 0. The van der Waals surface area contributed by atoms with Gasteiger partial charge in [0.15, 0.2) is 0 Å². The van der Waals surface area contributed by atoms with Crippen LogP contribution in [0.4, 0.5) is 0 Å². The van der Waals surface area contributed by atoms with E-state index >= 15 is 0 Å². The predicted molar refractivity (Wildman–Crippen MR) is 34.3 cm³/mol. The maximum Gasteiger partial charge on any atom is 0.322 e. The second kappa shape index (κ2) is 2.98. The number of carbonyl (C=O) groups excluding carboxylic acids is 1. The zero-order valence-electron chi connectivity index (χ0n) is 5.87. The van der Waals surface area contributed by atoms with E-state index in [4.69, 9.17) is 15.2 Å². The molecule has 1 fully saturated rings. The average Bonchev–Trinajstić information content (AvgIpc) is 2.64. The lowest BCUT2D eigenvalue weighted by atomic mass is 10.4. The smallest absolute Gasteiger partial charge is 0.322 e. The van der Waals surface area contributed by atoms with Crippen LogP contribution in [-0.2, 0) is 14.3 Å². The van der Waals surface area contributed by atoms with Crippen LogP contribution in [0.25, 0.3) is 0 Å². The van der Waals surface area contributed by atoms with Crippen molar-refractivity contribution in [1.82, 2.24) is 0 Å². The molecule has 0 amide bonds. The van der Waals surface area contributed by atoms with Crippen LogP contribution in [0.2, 0.25) is 0 Å². The highest BCUT2D eigenvalue weighted by Crippen LogP contribution is 2.08. The molecule has 2 atom stereocenters. The van der Waals surface area contributed by atoms with Gasteiger partial charge in [0.25, 0.3) is 0 Å². The molecule has 10 heavy (non-hydrogen) atoms. The molecule has 0 aromatic heterocycles. The van der Waals surface area contributed by atoms with Crippen LogP contribution in [0.1, 0.15) is 6.92 Å². The number of ether oxygens (including phenoxy) is 2. The van der Waals surface area contributed by atoms with Crippen LogP contribution in [0.3, 0.4) is 0 Å². The fourth-order valence-corrected chi connectivity index (χ4v) is 0.471. The van der Waals surface area contributed by atoms with E-state index in [-0.39, 0.29) is 12.1 Å². The minimum Gasteiger partial charge on any atom is -0.462 e. The number of rotatable bonds is 3. The van der Waals surface area contributed by atoms with Crippen LogP contribution < -0.4 is 5.73 Å². The largest absolute Gasteiger partial charge is 0.462 e. The molecule has 0 spiro atoms. The highest BCUT2D eigenvalue weighted by molar-refractivity contribution is 5.74. The summed E-state index contributed by atoms with van der Waals surface area (Å²) in [6.45, 7) is 2.64. The fraction of sp³-hybridized carbons (Fsp3) is 0.833. The quantitative estimate of drug-likeness (QED) is 0.420. The standard InChI is InChI=1S/C6H11NO3/c1-4(7)6(8)10-3-5-2-9-5/h4-5H,2-3,7H2,1H3/t4-,5?/m0/s1. The summed E-state index contributed by atoms with van der Waals surface area (Å²) in [5.74, 6) is -0.365. The molecule has 1 rings (SSSR count). The summed E-state index contributed by atoms with van der Waals surface area (Å²) < 4.78 is 9.56. The summed E-state index contributed by atoms with van der Waals surface area (Å²) in [6, 6.07) is -0.529. The maximum absolute atomic E-state index is 10.7. The molecule has 0 radical (unpaired) electrons. The van der Waals surface area contributed by atoms with Crippen LogP contribution in [0.15, 0.2) is 0 Å². The van der Waals surface area contributed by atoms with Gasteiger partial charge in [-0.05, 0) is 6.92 Å². The normalized spacial score (nSPS) is 25.6. The zero-order valence-corrected chi connectivity index (χ0v) is 5.87. The molecule has 1 heterocycles. The van der Waals surface area contributed by atoms with Crippen molar-refractivity contribution >= 4 is 5.97 Å². The van der Waals surface area contributed by atoms with Gasteiger partial charge >= 0.3 is 5.97 Å². The number of esters is 1. The van der Waals surface area contributed by atoms with Crippen molar-refractivity contribution < 1.29 is 14.3 Å². The van der Waals surface area contributed by atoms with Crippen molar-refractivity contribution in [3.8, 4) is 0 Å². The molecule has 0 aromatic rings. The maximum atomic E-state index is 10.7. The Morgan fingerprint density at radius 3 is 3.00 bits per heavy atom. The third-order valence-corrected chi connectivity index (χ3v) is 1.19. The molecule has 1 unspecified atom stereocenters. The Hall–Kier alpha value is -0.610. The molecule has 0 bridgehead atoms. The molecule has 1 aliphatic rings. The lowest BCUT2D eigenvalue weighted by molar-refractivity contribution is -0.145. The van der Waals surface area contributed by atoms with Gasteiger partial charge in [-0.2, -0.15) is 0 Å². The Balaban J connectivity index is 2.05. The van der Waals surface area contributed by atoms with Gasteiger partial charge in [0.1, 0.15) is 18.8 Å². The first-order chi connectivity index (χ1) is 4.70. The zero-order chi connectivity index (χ0) is 7.56. The minimum absolute atomic E-state index is 0.127. The fourth-order valence-electron chi connectivity index (χ4n) is 0.471. The molecule has 2 N–H and O–H groups in total. The van der Waals surface area contributed by atoms with Gasteiger partial charge in [0, 0.05) is 0 Å². The van der Waals surface area contributed by atoms with Crippen molar-refractivity contribution in [2.45, 2.75) is 19.1 Å². The van der Waals surface area contributed by atoms with E-state index in [1.807, 2.05) is 0 Å². The van der Waals surface area contributed by atoms with Gasteiger partial charge in [-0.15, -0.1) is 0 Å². The SMILES string of the molecule is C[C@H](N)C(=O)OCC1CO1. The van der Waals surface area contributed by atoms with Crippen molar-refractivity contribution in [2.24, 2.45) is 5.73 Å². The van der Waals surface area contributed by atoms with Gasteiger partial charge in [-0.3, -0.25) is 4.79 Å². The lowest BCUT2D eigenvalue weighted by Crippen LogP contribution is -2.29. The van der Waals surface area contributed by atoms with Crippen LogP contribution in [-0.4, -0.2) is 31.3 Å². The van der Waals surface area contributed by atoms with E-state index in [0.29, 0.717) is 13.2 Å². The molecular formula is C6H11NO3. The number of hydrogen-bond acceptors (Lipinski definition) is 4. The molecule has 0 aromatic carbocycles. The van der Waals surface area contributed by atoms with Crippen molar-refractivity contribution in [2.75, 3.05) is 13.2 Å². The molecule has 58 valence electrons. The molecular weight excluding hydrogens is 134 g/mol. The van der Waals surface area contributed by atoms with Gasteiger partial charge in [-0.25, -0.2) is 0 Å². The Morgan fingerprint density at radius 2 is 2.60 bits per heavy atom. The van der Waals surface area contributed by atoms with Crippen LogP contribution in [0, 0.1) is 0 Å². The molecule has 4 heteroatoms. The minimum atomic E-state index is -0.529. The number of nitrogens with two attached hydrogens (primary N) is 1. The van der Waals surface area contributed by atoms with Gasteiger partial charge < -0.3 is 15.2 Å². The topological polar surface area (TPSA) is 64.9 Å². The summed E-state index contributed by atoms with van der Waals surface area (Å²) in [5, 5.41) is 0. The summed E-state index contributed by atoms with van der Waals surface area (Å²) in [6.07, 6.45) is 0.127. The molecule has 1 aliphatic heterocycles.